The molecule has 5 nitrogen and oxygen atoms in total. The number of nitrogens with zero attached hydrogens (tertiary/aromatic N) is 1. The van der Waals surface area contributed by atoms with E-state index in [-0.39, 0.29) is 30.4 Å². The second kappa shape index (κ2) is 9.07. The number of amides is 1. The molecule has 0 N–H and O–H groups in total. The molecule has 1 aromatic heterocycles. The Labute approximate surface area is 188 Å². The van der Waals surface area contributed by atoms with Crippen LogP contribution in [-0.4, -0.2) is 29.2 Å². The largest absolute Gasteiger partial charge is 0.485 e. The Morgan fingerprint density at radius 2 is 2.03 bits per heavy atom. The fraction of sp³-hybridized carbons (Fsp3) is 0.520. The van der Waals surface area contributed by atoms with Gasteiger partial charge in [-0.15, -0.1) is 0 Å². The molecule has 1 saturated carbocycles. The van der Waals surface area contributed by atoms with E-state index in [1.54, 1.807) is 12.1 Å². The van der Waals surface area contributed by atoms with Gasteiger partial charge >= 0.3 is 0 Å². The monoisotopic (exact) mass is 443 g/mol. The molecule has 2 aromatic rings. The van der Waals surface area contributed by atoms with E-state index in [4.69, 9.17) is 20.8 Å². The van der Waals surface area contributed by atoms with E-state index in [9.17, 15) is 9.59 Å². The minimum Gasteiger partial charge on any atom is -0.485 e. The van der Waals surface area contributed by atoms with Crippen molar-refractivity contribution in [1.29, 1.82) is 0 Å². The smallest absolute Gasteiger partial charge is 0.289 e. The lowest BCUT2D eigenvalue weighted by Crippen LogP contribution is -2.53. The summed E-state index contributed by atoms with van der Waals surface area (Å²) in [5.74, 6) is 2.13. The lowest BCUT2D eigenvalue weighted by atomic mass is 9.77. The molecule has 2 heterocycles. The van der Waals surface area contributed by atoms with Crippen molar-refractivity contribution in [3.05, 3.63) is 51.9 Å². The average Bonchev–Trinajstić information content (AvgIpc) is 3.23. The van der Waals surface area contributed by atoms with E-state index in [0.29, 0.717) is 30.3 Å². The molecule has 2 atom stereocenters. The van der Waals surface area contributed by atoms with Crippen LogP contribution in [0.25, 0.3) is 0 Å². The van der Waals surface area contributed by atoms with Crippen LogP contribution in [0.4, 0.5) is 0 Å². The van der Waals surface area contributed by atoms with Crippen molar-refractivity contribution in [3.8, 4) is 5.75 Å². The van der Waals surface area contributed by atoms with Gasteiger partial charge < -0.3 is 14.1 Å². The zero-order chi connectivity index (χ0) is 22.1. The molecule has 0 unspecified atom stereocenters. The van der Waals surface area contributed by atoms with Gasteiger partial charge in [0, 0.05) is 29.9 Å². The normalized spacial score (nSPS) is 21.3. The number of carbonyl (C=O) groups is 2. The van der Waals surface area contributed by atoms with Gasteiger partial charge in [0.2, 0.25) is 0 Å². The number of halogens is 1. The number of rotatable bonds is 5. The van der Waals surface area contributed by atoms with Crippen molar-refractivity contribution in [3.63, 3.8) is 0 Å². The van der Waals surface area contributed by atoms with Crippen LogP contribution in [0.3, 0.4) is 0 Å². The highest BCUT2D eigenvalue weighted by molar-refractivity contribution is 6.31. The molecule has 4 rings (SSSR count). The lowest BCUT2D eigenvalue weighted by Gasteiger charge is -2.42. The van der Waals surface area contributed by atoms with Crippen LogP contribution in [0.5, 0.6) is 5.75 Å². The third-order valence-electron chi connectivity index (χ3n) is 6.56. The summed E-state index contributed by atoms with van der Waals surface area (Å²) in [6.07, 6.45) is 4.36. The predicted octanol–water partition coefficient (Wildman–Crippen LogP) is 5.92. The third kappa shape index (κ3) is 4.52. The quantitative estimate of drug-likeness (QED) is 0.575. The van der Waals surface area contributed by atoms with Crippen LogP contribution in [0.15, 0.2) is 28.7 Å². The topological polar surface area (TPSA) is 59.8 Å². The Morgan fingerprint density at radius 3 is 2.81 bits per heavy atom. The molecule has 1 aromatic carbocycles. The maximum absolute atomic E-state index is 13.1. The van der Waals surface area contributed by atoms with Gasteiger partial charge in [0.15, 0.2) is 5.76 Å². The fourth-order valence-corrected chi connectivity index (χ4v) is 4.97. The van der Waals surface area contributed by atoms with Gasteiger partial charge in [-0.3, -0.25) is 9.59 Å². The third-order valence-corrected chi connectivity index (χ3v) is 6.97. The second-order valence-corrected chi connectivity index (χ2v) is 9.43. The van der Waals surface area contributed by atoms with Crippen molar-refractivity contribution >= 4 is 23.3 Å². The zero-order valence-electron chi connectivity index (χ0n) is 18.4. The summed E-state index contributed by atoms with van der Waals surface area (Å²) in [4.78, 5) is 27.3. The van der Waals surface area contributed by atoms with Crippen LogP contribution in [0.1, 0.15) is 79.3 Å². The zero-order valence-corrected chi connectivity index (χ0v) is 19.2. The summed E-state index contributed by atoms with van der Waals surface area (Å²) in [6.45, 7) is 6.86. The first-order chi connectivity index (χ1) is 14.8. The summed E-state index contributed by atoms with van der Waals surface area (Å²) in [5.41, 5.74) is 2.00. The average molecular weight is 444 g/mol. The van der Waals surface area contributed by atoms with Crippen LogP contribution >= 0.6 is 11.6 Å². The van der Waals surface area contributed by atoms with Crippen LogP contribution in [0, 0.1) is 12.8 Å². The van der Waals surface area contributed by atoms with E-state index < -0.39 is 0 Å². The van der Waals surface area contributed by atoms with Crippen LogP contribution in [-0.2, 0) is 11.4 Å². The summed E-state index contributed by atoms with van der Waals surface area (Å²) in [5, 5.41) is 0.725. The van der Waals surface area contributed by atoms with Crippen molar-refractivity contribution in [2.24, 2.45) is 5.92 Å². The summed E-state index contributed by atoms with van der Waals surface area (Å²) >= 11 is 6.28. The number of ketones is 1. The molecule has 0 bridgehead atoms. The number of fused-ring (bicyclic) bond motifs is 1. The maximum Gasteiger partial charge on any atom is 0.289 e. The van der Waals surface area contributed by atoms with Gasteiger partial charge in [-0.25, -0.2) is 0 Å². The minimum atomic E-state index is -0.124. The first kappa shape index (κ1) is 21.9. The van der Waals surface area contributed by atoms with E-state index >= 15 is 0 Å². The number of piperidine rings is 1. The molecule has 0 spiro atoms. The number of carbonyl (C=O) groups excluding carboxylic acids is 2. The van der Waals surface area contributed by atoms with E-state index in [1.807, 2.05) is 24.0 Å². The molecule has 0 radical (unpaired) electrons. The highest BCUT2D eigenvalue weighted by Crippen LogP contribution is 2.35. The SMILES string of the molecule is Cc1cc(OCc2ccc(C(=O)N3CCC(=O)[C@@H]4CCCC[C@@H]43)o2)c(C(C)C)cc1Cl. The van der Waals surface area contributed by atoms with Gasteiger partial charge in [-0.05, 0) is 61.1 Å². The molecule has 31 heavy (non-hydrogen) atoms. The standard InChI is InChI=1S/C25H30ClNO4/c1-15(2)19-13-20(26)16(3)12-24(19)30-14-17-8-9-23(31-17)25(29)27-11-10-22(28)18-6-4-5-7-21(18)27/h8-9,12-13,15,18,21H,4-7,10-11,14H2,1-3H3/t18-,21+/m1/s1. The van der Waals surface area contributed by atoms with Gasteiger partial charge in [-0.2, -0.15) is 0 Å². The molecule has 1 aliphatic heterocycles. The van der Waals surface area contributed by atoms with Gasteiger partial charge in [0.05, 0.1) is 0 Å². The first-order valence-electron chi connectivity index (χ1n) is 11.2. The molecule has 1 amide bonds. The molecule has 1 saturated heterocycles. The molecular weight excluding hydrogens is 414 g/mol. The number of benzene rings is 1. The maximum atomic E-state index is 13.1. The Morgan fingerprint density at radius 1 is 1.26 bits per heavy atom. The number of hydrogen-bond acceptors (Lipinski definition) is 4. The summed E-state index contributed by atoms with van der Waals surface area (Å²) < 4.78 is 11.9. The molecule has 2 aliphatic rings. The molecular formula is C25H30ClNO4. The van der Waals surface area contributed by atoms with Gasteiger partial charge in [0.25, 0.3) is 5.91 Å². The highest BCUT2D eigenvalue weighted by atomic mass is 35.5. The van der Waals surface area contributed by atoms with Gasteiger partial charge in [0.1, 0.15) is 23.9 Å². The highest BCUT2D eigenvalue weighted by Gasteiger charge is 2.41. The summed E-state index contributed by atoms with van der Waals surface area (Å²) in [6, 6.07) is 7.41. The minimum absolute atomic E-state index is 0.00758. The lowest BCUT2D eigenvalue weighted by molar-refractivity contribution is -0.129. The van der Waals surface area contributed by atoms with Crippen molar-refractivity contribution in [1.82, 2.24) is 4.90 Å². The molecule has 2 fully saturated rings. The van der Waals surface area contributed by atoms with E-state index in [2.05, 4.69) is 13.8 Å². The Bertz CT molecular complexity index is 980. The molecule has 1 aliphatic carbocycles. The number of furan rings is 1. The summed E-state index contributed by atoms with van der Waals surface area (Å²) in [7, 11) is 0. The Balaban J connectivity index is 1.46. The Kier molecular flexibility index (Phi) is 6.42. The fourth-order valence-electron chi connectivity index (χ4n) is 4.80. The van der Waals surface area contributed by atoms with Crippen molar-refractivity contribution in [2.45, 2.75) is 71.4 Å². The Hall–Kier alpha value is -2.27. The number of hydrogen-bond donors (Lipinski definition) is 0. The molecule has 6 heteroatoms. The van der Waals surface area contributed by atoms with Crippen LogP contribution < -0.4 is 4.74 Å². The van der Waals surface area contributed by atoms with Crippen LogP contribution in [0.2, 0.25) is 5.02 Å². The second-order valence-electron chi connectivity index (χ2n) is 9.02. The number of ether oxygens (including phenoxy) is 1. The van der Waals surface area contributed by atoms with E-state index in [0.717, 1.165) is 47.6 Å². The number of Topliss-reactive ketones (excluding diaryl/α,β-unsaturated/α-hetero) is 1. The predicted molar refractivity (Wildman–Crippen MR) is 120 cm³/mol. The number of aryl methyl sites for hydroxylation is 1. The van der Waals surface area contributed by atoms with Crippen molar-refractivity contribution < 1.29 is 18.7 Å². The first-order valence-corrected chi connectivity index (χ1v) is 11.6. The molecule has 166 valence electrons. The number of likely N-dealkylation sites (tertiary alicyclic amines) is 1. The van der Waals surface area contributed by atoms with Crippen molar-refractivity contribution in [2.75, 3.05) is 6.54 Å². The van der Waals surface area contributed by atoms with E-state index in [1.165, 1.54) is 0 Å². The van der Waals surface area contributed by atoms with Gasteiger partial charge in [-0.1, -0.05) is 38.3 Å².